The van der Waals surface area contributed by atoms with Crippen LogP contribution in [0.4, 0.5) is 0 Å². The van der Waals surface area contributed by atoms with Crippen LogP contribution in [-0.4, -0.2) is 74.4 Å². The molecule has 0 saturated carbocycles. The lowest BCUT2D eigenvalue weighted by Gasteiger charge is -2.34. The quantitative estimate of drug-likeness (QED) is 0.159. The molecule has 44 heavy (non-hydrogen) atoms. The fourth-order valence-electron chi connectivity index (χ4n) is 4.89. The number of halogens is 1. The van der Waals surface area contributed by atoms with Crippen molar-refractivity contribution in [1.82, 2.24) is 0 Å². The SMILES string of the molecule is CC(=O)OCCC(OC(C)=O)C(OC(C)=O)C(OC(C)=O)C(C=O)c1ccc(Cl)c(Cc2ccc(O[C@H]3CCOC3)cc2)c1. The molecule has 0 bridgehead atoms. The Balaban J connectivity index is 1.92. The van der Waals surface area contributed by atoms with Gasteiger partial charge in [-0.15, -0.1) is 0 Å². The van der Waals surface area contributed by atoms with Gasteiger partial charge in [0.1, 0.15) is 24.2 Å². The maximum atomic E-state index is 12.6. The van der Waals surface area contributed by atoms with Crippen LogP contribution in [0.1, 0.15) is 63.1 Å². The zero-order valence-electron chi connectivity index (χ0n) is 25.1. The molecular weight excluding hydrogens is 596 g/mol. The highest BCUT2D eigenvalue weighted by atomic mass is 35.5. The van der Waals surface area contributed by atoms with Gasteiger partial charge in [0.2, 0.25) is 0 Å². The molecule has 11 nitrogen and oxygen atoms in total. The van der Waals surface area contributed by atoms with Gasteiger partial charge in [-0.05, 0) is 41.3 Å². The molecule has 2 aromatic rings. The molecule has 1 heterocycles. The van der Waals surface area contributed by atoms with E-state index < -0.39 is 48.1 Å². The normalized spacial score (nSPS) is 17.0. The Bertz CT molecular complexity index is 1300. The first-order valence-electron chi connectivity index (χ1n) is 14.2. The zero-order valence-corrected chi connectivity index (χ0v) is 25.9. The van der Waals surface area contributed by atoms with Gasteiger partial charge in [0.15, 0.2) is 12.2 Å². The van der Waals surface area contributed by atoms with Gasteiger partial charge in [0.25, 0.3) is 0 Å². The van der Waals surface area contributed by atoms with Crippen LogP contribution < -0.4 is 4.74 Å². The summed E-state index contributed by atoms with van der Waals surface area (Å²) in [5.74, 6) is -3.26. The first-order valence-corrected chi connectivity index (χ1v) is 14.6. The molecule has 0 aliphatic carbocycles. The lowest BCUT2D eigenvalue weighted by atomic mass is 9.87. The Morgan fingerprint density at radius 2 is 1.57 bits per heavy atom. The zero-order chi connectivity index (χ0) is 32.2. The molecule has 0 radical (unpaired) electrons. The van der Waals surface area contributed by atoms with Crippen LogP contribution >= 0.6 is 11.6 Å². The second-order valence-corrected chi connectivity index (χ2v) is 10.8. The number of benzene rings is 2. The fraction of sp³-hybridized carbons (Fsp3) is 0.469. The molecule has 5 atom stereocenters. The largest absolute Gasteiger partial charge is 0.488 e. The Hall–Kier alpha value is -3.96. The van der Waals surface area contributed by atoms with Gasteiger partial charge in [0, 0.05) is 45.6 Å². The van der Waals surface area contributed by atoms with Crippen LogP contribution in [0.2, 0.25) is 5.02 Å². The predicted molar refractivity (Wildman–Crippen MR) is 157 cm³/mol. The van der Waals surface area contributed by atoms with E-state index in [9.17, 15) is 24.0 Å². The molecule has 2 aromatic carbocycles. The minimum atomic E-state index is -1.41. The van der Waals surface area contributed by atoms with Crippen molar-refractivity contribution in [2.45, 2.75) is 77.3 Å². The van der Waals surface area contributed by atoms with Crippen molar-refractivity contribution in [1.29, 1.82) is 0 Å². The third-order valence-electron chi connectivity index (χ3n) is 6.78. The summed E-state index contributed by atoms with van der Waals surface area (Å²) in [5, 5.41) is 0.446. The minimum Gasteiger partial charge on any atom is -0.488 e. The van der Waals surface area contributed by atoms with Crippen molar-refractivity contribution in [2.75, 3.05) is 19.8 Å². The fourth-order valence-corrected chi connectivity index (χ4v) is 5.08. The summed E-state index contributed by atoms with van der Waals surface area (Å²) in [7, 11) is 0. The second kappa shape index (κ2) is 16.8. The van der Waals surface area contributed by atoms with Crippen molar-refractivity contribution in [3.8, 4) is 5.75 Å². The standard InChI is InChI=1S/C32H37ClO11/c1-19(35)40-14-12-30(41-20(2)36)32(43-22(4)38)31(42-21(3)37)28(17-34)24-7-10-29(33)25(16-24)15-23-5-8-26(9-6-23)44-27-11-13-39-18-27/h5-10,16-17,27-28,30-32H,11-15,18H2,1-4H3/t27-,28?,30?,31?,32?/m0/s1. The Kier molecular flexibility index (Phi) is 13.2. The van der Waals surface area contributed by atoms with Crippen LogP contribution in [0.3, 0.4) is 0 Å². The molecule has 238 valence electrons. The van der Waals surface area contributed by atoms with E-state index in [1.165, 1.54) is 6.92 Å². The number of carbonyl (C=O) groups excluding carboxylic acids is 5. The summed E-state index contributed by atoms with van der Waals surface area (Å²) < 4.78 is 32.8. The third kappa shape index (κ3) is 10.6. The molecule has 12 heteroatoms. The lowest BCUT2D eigenvalue weighted by molar-refractivity contribution is -0.186. The molecule has 4 unspecified atom stereocenters. The molecule has 0 N–H and O–H groups in total. The number of hydrogen-bond acceptors (Lipinski definition) is 11. The van der Waals surface area contributed by atoms with E-state index in [1.807, 2.05) is 24.3 Å². The van der Waals surface area contributed by atoms with Gasteiger partial charge < -0.3 is 33.2 Å². The second-order valence-electron chi connectivity index (χ2n) is 10.4. The summed E-state index contributed by atoms with van der Waals surface area (Å²) in [6.45, 7) is 5.67. The first-order chi connectivity index (χ1) is 21.0. The molecule has 1 saturated heterocycles. The van der Waals surface area contributed by atoms with Crippen LogP contribution in [0.5, 0.6) is 5.75 Å². The Morgan fingerprint density at radius 1 is 0.909 bits per heavy atom. The highest BCUT2D eigenvalue weighted by Gasteiger charge is 2.42. The molecule has 3 rings (SSSR count). The topological polar surface area (TPSA) is 141 Å². The molecule has 0 spiro atoms. The van der Waals surface area contributed by atoms with E-state index >= 15 is 0 Å². The van der Waals surface area contributed by atoms with E-state index in [2.05, 4.69) is 0 Å². The monoisotopic (exact) mass is 632 g/mol. The Labute approximate surface area is 261 Å². The van der Waals surface area contributed by atoms with Crippen molar-refractivity contribution in [2.24, 2.45) is 0 Å². The van der Waals surface area contributed by atoms with Crippen molar-refractivity contribution in [3.05, 3.63) is 64.2 Å². The highest BCUT2D eigenvalue weighted by molar-refractivity contribution is 6.31. The van der Waals surface area contributed by atoms with Crippen LogP contribution in [0.25, 0.3) is 0 Å². The number of ether oxygens (including phenoxy) is 6. The summed E-state index contributed by atoms with van der Waals surface area (Å²) >= 11 is 6.54. The van der Waals surface area contributed by atoms with E-state index in [-0.39, 0.29) is 19.1 Å². The lowest BCUT2D eigenvalue weighted by Crippen LogP contribution is -2.48. The van der Waals surface area contributed by atoms with Crippen molar-refractivity contribution in [3.63, 3.8) is 0 Å². The van der Waals surface area contributed by atoms with Crippen LogP contribution in [-0.2, 0) is 54.1 Å². The third-order valence-corrected chi connectivity index (χ3v) is 7.15. The number of esters is 4. The van der Waals surface area contributed by atoms with Gasteiger partial charge in [0.05, 0.1) is 25.7 Å². The number of hydrogen-bond donors (Lipinski definition) is 0. The minimum absolute atomic E-state index is 0.0235. The highest BCUT2D eigenvalue weighted by Crippen LogP contribution is 2.32. The molecule has 1 aliphatic heterocycles. The van der Waals surface area contributed by atoms with Crippen LogP contribution in [0.15, 0.2) is 42.5 Å². The van der Waals surface area contributed by atoms with E-state index in [0.29, 0.717) is 42.1 Å². The first kappa shape index (κ1) is 34.5. The Morgan fingerprint density at radius 3 is 2.14 bits per heavy atom. The number of carbonyl (C=O) groups is 5. The summed E-state index contributed by atoms with van der Waals surface area (Å²) in [4.78, 5) is 60.4. The molecule has 0 amide bonds. The van der Waals surface area contributed by atoms with Gasteiger partial charge in [-0.2, -0.15) is 0 Å². The maximum Gasteiger partial charge on any atom is 0.303 e. The molecule has 1 aliphatic rings. The molecule has 1 fully saturated rings. The van der Waals surface area contributed by atoms with Crippen LogP contribution in [0, 0.1) is 0 Å². The number of rotatable bonds is 15. The van der Waals surface area contributed by atoms with Gasteiger partial charge >= 0.3 is 23.9 Å². The molecular formula is C32H37ClO11. The number of aldehydes is 1. The van der Waals surface area contributed by atoms with Crippen molar-refractivity contribution < 1.29 is 52.4 Å². The van der Waals surface area contributed by atoms with Crippen molar-refractivity contribution >= 4 is 41.8 Å². The predicted octanol–water partition coefficient (Wildman–Crippen LogP) is 4.13. The van der Waals surface area contributed by atoms with E-state index in [1.54, 1.807) is 18.2 Å². The average Bonchev–Trinajstić information content (AvgIpc) is 3.46. The summed E-state index contributed by atoms with van der Waals surface area (Å²) in [5.41, 5.74) is 2.04. The smallest absolute Gasteiger partial charge is 0.303 e. The summed E-state index contributed by atoms with van der Waals surface area (Å²) in [6, 6.07) is 12.5. The maximum absolute atomic E-state index is 12.6. The van der Waals surface area contributed by atoms with E-state index in [0.717, 1.165) is 38.5 Å². The summed E-state index contributed by atoms with van der Waals surface area (Å²) in [6.07, 6.45) is -2.30. The van der Waals surface area contributed by atoms with Gasteiger partial charge in [-0.3, -0.25) is 19.2 Å². The molecule has 0 aromatic heterocycles. The van der Waals surface area contributed by atoms with Gasteiger partial charge in [-0.25, -0.2) is 0 Å². The van der Waals surface area contributed by atoms with Gasteiger partial charge in [-0.1, -0.05) is 35.9 Å². The van der Waals surface area contributed by atoms with E-state index in [4.69, 9.17) is 40.0 Å². The average molecular weight is 633 g/mol.